The molecule has 3 rings (SSSR count). The minimum atomic E-state index is 0.275. The molecule has 1 heterocycles. The van der Waals surface area contributed by atoms with Gasteiger partial charge in [-0.3, -0.25) is 0 Å². The number of fused-ring (bicyclic) bond motifs is 1. The first-order chi connectivity index (χ1) is 10.6. The Balaban J connectivity index is 1.79. The van der Waals surface area contributed by atoms with Crippen LogP contribution in [0.5, 0.6) is 0 Å². The van der Waals surface area contributed by atoms with E-state index >= 15 is 0 Å². The van der Waals surface area contributed by atoms with E-state index < -0.39 is 0 Å². The van der Waals surface area contributed by atoms with Crippen LogP contribution in [-0.4, -0.2) is 19.6 Å². The second-order valence-electron chi connectivity index (χ2n) is 6.58. The highest BCUT2D eigenvalue weighted by Crippen LogP contribution is 2.31. The number of benzene rings is 2. The Morgan fingerprint density at radius 1 is 1.09 bits per heavy atom. The second-order valence-corrected chi connectivity index (χ2v) is 6.58. The molecule has 0 fully saturated rings. The van der Waals surface area contributed by atoms with Crippen LogP contribution in [0.4, 0.5) is 5.69 Å². The predicted molar refractivity (Wildman–Crippen MR) is 95.4 cm³/mol. The smallest absolute Gasteiger partial charge is 0.0396 e. The summed E-state index contributed by atoms with van der Waals surface area (Å²) in [7, 11) is 2.19. The maximum atomic E-state index is 5.83. The quantitative estimate of drug-likeness (QED) is 0.923. The average Bonchev–Trinajstić information content (AvgIpc) is 2.53. The van der Waals surface area contributed by atoms with Gasteiger partial charge in [0, 0.05) is 25.3 Å². The molecule has 1 atom stereocenters. The zero-order chi connectivity index (χ0) is 15.5. The molecule has 0 aromatic heterocycles. The molecule has 2 heteroatoms. The first kappa shape index (κ1) is 15.1. The van der Waals surface area contributed by atoms with Crippen molar-refractivity contribution in [3.05, 3.63) is 53.6 Å². The third-order valence-electron chi connectivity index (χ3n) is 4.61. The Hall–Kier alpha value is -1.80. The zero-order valence-electron chi connectivity index (χ0n) is 13.7. The lowest BCUT2D eigenvalue weighted by Crippen LogP contribution is -2.24. The van der Waals surface area contributed by atoms with E-state index in [4.69, 9.17) is 5.73 Å². The van der Waals surface area contributed by atoms with Crippen LogP contribution >= 0.6 is 0 Å². The van der Waals surface area contributed by atoms with Crippen LogP contribution in [0.1, 0.15) is 30.9 Å². The average molecular weight is 294 g/mol. The zero-order valence-corrected chi connectivity index (χ0v) is 13.7. The number of rotatable bonds is 4. The Labute approximate surface area is 134 Å². The van der Waals surface area contributed by atoms with Gasteiger partial charge >= 0.3 is 0 Å². The number of nitrogens with two attached hydrogens (primary N) is 1. The summed E-state index contributed by atoms with van der Waals surface area (Å²) in [5.74, 6) is 0. The third-order valence-corrected chi connectivity index (χ3v) is 4.61. The van der Waals surface area contributed by atoms with Gasteiger partial charge in [0.1, 0.15) is 0 Å². The molecule has 22 heavy (non-hydrogen) atoms. The number of hydrogen-bond donors (Lipinski definition) is 1. The minimum Gasteiger partial charge on any atom is -0.374 e. The summed E-state index contributed by atoms with van der Waals surface area (Å²) >= 11 is 0. The van der Waals surface area contributed by atoms with Gasteiger partial charge in [-0.15, -0.1) is 0 Å². The fourth-order valence-electron chi connectivity index (χ4n) is 3.22. The van der Waals surface area contributed by atoms with Gasteiger partial charge in [0.05, 0.1) is 0 Å². The lowest BCUT2D eigenvalue weighted by Gasteiger charge is -2.27. The van der Waals surface area contributed by atoms with E-state index in [0.29, 0.717) is 0 Å². The van der Waals surface area contributed by atoms with Crippen molar-refractivity contribution in [1.29, 1.82) is 0 Å². The van der Waals surface area contributed by atoms with Crippen molar-refractivity contribution in [3.8, 4) is 11.1 Å². The number of aryl methyl sites for hydroxylation is 2. The monoisotopic (exact) mass is 294 g/mol. The fraction of sp³-hybridized carbons (Fsp3) is 0.400. The molecular formula is C20H26N2. The molecule has 0 radical (unpaired) electrons. The Morgan fingerprint density at radius 3 is 2.55 bits per heavy atom. The molecule has 0 bridgehead atoms. The van der Waals surface area contributed by atoms with Crippen LogP contribution in [0.25, 0.3) is 11.1 Å². The van der Waals surface area contributed by atoms with Gasteiger partial charge < -0.3 is 10.6 Å². The van der Waals surface area contributed by atoms with Crippen LogP contribution in [0, 0.1) is 0 Å². The van der Waals surface area contributed by atoms with Crippen molar-refractivity contribution >= 4 is 5.69 Å². The molecule has 0 amide bonds. The predicted octanol–water partition coefficient (Wildman–Crippen LogP) is 4.02. The highest BCUT2D eigenvalue weighted by atomic mass is 15.1. The maximum Gasteiger partial charge on any atom is 0.0396 e. The molecule has 2 aromatic rings. The van der Waals surface area contributed by atoms with Crippen molar-refractivity contribution in [2.45, 2.75) is 38.6 Å². The summed E-state index contributed by atoms with van der Waals surface area (Å²) in [6, 6.07) is 16.1. The van der Waals surface area contributed by atoms with E-state index in [2.05, 4.69) is 61.3 Å². The molecule has 2 nitrogen and oxygen atoms in total. The summed E-state index contributed by atoms with van der Waals surface area (Å²) in [5, 5.41) is 0. The van der Waals surface area contributed by atoms with Crippen molar-refractivity contribution in [3.63, 3.8) is 0 Å². The van der Waals surface area contributed by atoms with E-state index in [9.17, 15) is 0 Å². The lowest BCUT2D eigenvalue weighted by atomic mass is 9.95. The fourth-order valence-corrected chi connectivity index (χ4v) is 3.22. The Morgan fingerprint density at radius 2 is 1.82 bits per heavy atom. The molecule has 0 saturated carbocycles. The molecule has 0 aliphatic carbocycles. The van der Waals surface area contributed by atoms with E-state index in [1.165, 1.54) is 47.3 Å². The number of anilines is 1. The standard InChI is InChI=1S/C20H26N2/c1-15(21)5-6-16-7-9-17(10-8-16)18-11-12-20-19(14-18)4-3-13-22(20)2/h7-12,14-15H,3-6,13,21H2,1-2H3. The van der Waals surface area contributed by atoms with Gasteiger partial charge in [-0.05, 0) is 67.0 Å². The highest BCUT2D eigenvalue weighted by Gasteiger charge is 2.14. The van der Waals surface area contributed by atoms with E-state index in [0.717, 1.165) is 12.8 Å². The molecular weight excluding hydrogens is 268 g/mol. The second kappa shape index (κ2) is 6.53. The summed E-state index contributed by atoms with van der Waals surface area (Å²) in [6.45, 7) is 3.24. The van der Waals surface area contributed by atoms with Crippen molar-refractivity contribution in [1.82, 2.24) is 0 Å². The molecule has 116 valence electrons. The van der Waals surface area contributed by atoms with Crippen LogP contribution < -0.4 is 10.6 Å². The van der Waals surface area contributed by atoms with Crippen LogP contribution in [0.15, 0.2) is 42.5 Å². The summed E-state index contributed by atoms with van der Waals surface area (Å²) in [6.07, 6.45) is 4.56. The van der Waals surface area contributed by atoms with Gasteiger partial charge in [-0.1, -0.05) is 30.3 Å². The Kier molecular flexibility index (Phi) is 4.49. The van der Waals surface area contributed by atoms with Crippen LogP contribution in [-0.2, 0) is 12.8 Å². The van der Waals surface area contributed by atoms with Crippen molar-refractivity contribution in [2.75, 3.05) is 18.5 Å². The summed E-state index contributed by atoms with van der Waals surface area (Å²) < 4.78 is 0. The Bertz CT molecular complexity index is 629. The molecule has 2 aromatic carbocycles. The first-order valence-electron chi connectivity index (χ1n) is 8.32. The maximum absolute atomic E-state index is 5.83. The van der Waals surface area contributed by atoms with E-state index in [1.54, 1.807) is 0 Å². The lowest BCUT2D eigenvalue weighted by molar-refractivity contribution is 0.666. The van der Waals surface area contributed by atoms with Crippen LogP contribution in [0.3, 0.4) is 0 Å². The largest absolute Gasteiger partial charge is 0.374 e. The SMILES string of the molecule is CC(N)CCc1ccc(-c2ccc3c(c2)CCCN3C)cc1. The van der Waals surface area contributed by atoms with E-state index in [1.807, 2.05) is 0 Å². The van der Waals surface area contributed by atoms with E-state index in [-0.39, 0.29) is 6.04 Å². The minimum absolute atomic E-state index is 0.275. The normalized spacial score (nSPS) is 15.5. The molecule has 2 N–H and O–H groups in total. The molecule has 0 spiro atoms. The first-order valence-corrected chi connectivity index (χ1v) is 8.32. The van der Waals surface area contributed by atoms with Gasteiger partial charge in [0.2, 0.25) is 0 Å². The van der Waals surface area contributed by atoms with Crippen molar-refractivity contribution in [2.24, 2.45) is 5.73 Å². The van der Waals surface area contributed by atoms with Crippen LogP contribution in [0.2, 0.25) is 0 Å². The third kappa shape index (κ3) is 3.33. The highest BCUT2D eigenvalue weighted by molar-refractivity contribution is 5.69. The number of hydrogen-bond acceptors (Lipinski definition) is 2. The summed E-state index contributed by atoms with van der Waals surface area (Å²) in [5.41, 5.74) is 12.7. The van der Waals surface area contributed by atoms with Crippen molar-refractivity contribution < 1.29 is 0 Å². The molecule has 1 unspecified atom stereocenters. The molecule has 1 aliphatic heterocycles. The molecule has 0 saturated heterocycles. The number of nitrogens with zero attached hydrogens (tertiary/aromatic N) is 1. The van der Waals surface area contributed by atoms with Gasteiger partial charge in [-0.2, -0.15) is 0 Å². The topological polar surface area (TPSA) is 29.3 Å². The van der Waals surface area contributed by atoms with Gasteiger partial charge in [0.25, 0.3) is 0 Å². The van der Waals surface area contributed by atoms with Gasteiger partial charge in [0.15, 0.2) is 0 Å². The van der Waals surface area contributed by atoms with Gasteiger partial charge in [-0.25, -0.2) is 0 Å². The summed E-state index contributed by atoms with van der Waals surface area (Å²) in [4.78, 5) is 2.36. The molecule has 1 aliphatic rings.